The molecule has 0 aliphatic rings. The zero-order chi connectivity index (χ0) is 20.7. The highest BCUT2D eigenvalue weighted by molar-refractivity contribution is 6.17. The van der Waals surface area contributed by atoms with Gasteiger partial charge in [0.2, 0.25) is 0 Å². The van der Waals surface area contributed by atoms with Gasteiger partial charge in [-0.3, -0.25) is 0 Å². The van der Waals surface area contributed by atoms with Gasteiger partial charge in [-0.15, -0.1) is 0 Å². The molecule has 0 heterocycles. The lowest BCUT2D eigenvalue weighted by Gasteiger charge is -2.31. The summed E-state index contributed by atoms with van der Waals surface area (Å²) in [7, 11) is 0. The van der Waals surface area contributed by atoms with Crippen LogP contribution in [0.2, 0.25) is 0 Å². The van der Waals surface area contributed by atoms with Crippen LogP contribution in [0.15, 0.2) is 72.8 Å². The second kappa shape index (κ2) is 10.1. The number of alkyl halides is 3. The summed E-state index contributed by atoms with van der Waals surface area (Å²) in [5.41, 5.74) is 0.242. The number of ether oxygens (including phenoxy) is 3. The lowest BCUT2D eigenvalue weighted by atomic mass is 9.80. The third-order valence-corrected chi connectivity index (χ3v) is 4.75. The van der Waals surface area contributed by atoms with E-state index in [2.05, 4.69) is 0 Å². The molecule has 0 amide bonds. The van der Waals surface area contributed by atoms with Crippen molar-refractivity contribution >= 4 is 34.8 Å². The quantitative estimate of drug-likeness (QED) is 0.334. The Labute approximate surface area is 184 Å². The molecule has 29 heavy (non-hydrogen) atoms. The first-order valence-electron chi connectivity index (χ1n) is 8.72. The highest BCUT2D eigenvalue weighted by Crippen LogP contribution is 2.40. The Bertz CT molecular complexity index is 828. The maximum absolute atomic E-state index is 12.0. The third-order valence-electron chi connectivity index (χ3n) is 4.42. The maximum Gasteiger partial charge on any atom is 0.162 e. The Kier molecular flexibility index (Phi) is 7.51. The van der Waals surface area contributed by atoms with Crippen molar-refractivity contribution in [3.63, 3.8) is 0 Å². The number of rotatable bonds is 9. The van der Waals surface area contributed by atoms with Crippen LogP contribution >= 0.6 is 34.8 Å². The summed E-state index contributed by atoms with van der Waals surface area (Å²) in [6, 6.07) is 21.3. The molecular weight excluding hydrogens is 435 g/mol. The largest absolute Gasteiger partial charge is 0.478 e. The molecule has 1 N–H and O–H groups in total. The molecule has 0 saturated carbocycles. The fraction of sp³-hybridized carbons (Fsp3) is 0.182. The summed E-state index contributed by atoms with van der Waals surface area (Å²) < 4.78 is 16.2. The molecule has 0 radical (unpaired) electrons. The summed E-state index contributed by atoms with van der Waals surface area (Å²) in [6.45, 7) is 0. The summed E-state index contributed by atoms with van der Waals surface area (Å²) in [5, 5.41) is 12.0. The molecular formula is C22H19Cl3O4. The van der Waals surface area contributed by atoms with E-state index in [4.69, 9.17) is 49.0 Å². The molecule has 7 heteroatoms. The molecule has 0 bridgehead atoms. The number of hydrogen-bond donors (Lipinski definition) is 1. The second-order valence-corrected chi connectivity index (χ2v) is 6.71. The van der Waals surface area contributed by atoms with Gasteiger partial charge >= 0.3 is 0 Å². The predicted molar refractivity (Wildman–Crippen MR) is 115 cm³/mol. The standard InChI is InChI=1S/C22H19Cl3O4/c23-13-27-19-7-1-4-16(10-19)22(26,17-5-2-8-20(11-17)28-14-24)18-6-3-9-21(12-18)29-15-25/h1-12,26H,13-15H2. The number of halogens is 3. The molecule has 0 aliphatic heterocycles. The van der Waals surface area contributed by atoms with Crippen molar-refractivity contribution in [3.05, 3.63) is 89.5 Å². The lowest BCUT2D eigenvalue weighted by Crippen LogP contribution is -2.29. The third kappa shape index (κ3) is 4.90. The summed E-state index contributed by atoms with van der Waals surface area (Å²) in [4.78, 5) is 0. The summed E-state index contributed by atoms with van der Waals surface area (Å²) in [5.74, 6) is 1.62. The Hall–Kier alpha value is -2.11. The zero-order valence-corrected chi connectivity index (χ0v) is 17.6. The van der Waals surface area contributed by atoms with E-state index in [1.807, 2.05) is 18.2 Å². The van der Waals surface area contributed by atoms with Crippen LogP contribution in [0.25, 0.3) is 0 Å². The van der Waals surface area contributed by atoms with Gasteiger partial charge in [0.05, 0.1) is 0 Å². The average molecular weight is 454 g/mol. The molecule has 0 aromatic heterocycles. The van der Waals surface area contributed by atoms with Crippen LogP contribution in [0.5, 0.6) is 17.2 Å². The Balaban J connectivity index is 2.19. The van der Waals surface area contributed by atoms with E-state index in [-0.39, 0.29) is 18.2 Å². The van der Waals surface area contributed by atoms with Crippen molar-refractivity contribution in [1.29, 1.82) is 0 Å². The molecule has 0 aliphatic carbocycles. The Morgan fingerprint density at radius 3 is 1.17 bits per heavy atom. The van der Waals surface area contributed by atoms with Gasteiger partial charge in [0.25, 0.3) is 0 Å². The van der Waals surface area contributed by atoms with Crippen molar-refractivity contribution in [2.45, 2.75) is 5.60 Å². The maximum atomic E-state index is 12.0. The van der Waals surface area contributed by atoms with Gasteiger partial charge in [0.1, 0.15) is 22.8 Å². The molecule has 3 aromatic carbocycles. The van der Waals surface area contributed by atoms with Gasteiger partial charge in [-0.25, -0.2) is 0 Å². The van der Waals surface area contributed by atoms with Crippen LogP contribution in [0.1, 0.15) is 16.7 Å². The molecule has 0 unspecified atom stereocenters. The number of benzene rings is 3. The topological polar surface area (TPSA) is 47.9 Å². The molecule has 3 rings (SSSR count). The fourth-order valence-electron chi connectivity index (χ4n) is 3.12. The predicted octanol–water partition coefficient (Wildman–Crippen LogP) is 5.70. The average Bonchev–Trinajstić information content (AvgIpc) is 2.74. The van der Waals surface area contributed by atoms with Crippen molar-refractivity contribution in [1.82, 2.24) is 0 Å². The van der Waals surface area contributed by atoms with E-state index < -0.39 is 5.60 Å². The van der Waals surface area contributed by atoms with E-state index in [9.17, 15) is 5.11 Å². The van der Waals surface area contributed by atoms with Gasteiger partial charge in [0.15, 0.2) is 18.2 Å². The first kappa shape index (κ1) is 21.6. The normalized spacial score (nSPS) is 11.2. The molecule has 4 nitrogen and oxygen atoms in total. The first-order valence-corrected chi connectivity index (χ1v) is 10.3. The zero-order valence-electron chi connectivity index (χ0n) is 15.4. The van der Waals surface area contributed by atoms with Gasteiger partial charge in [-0.1, -0.05) is 71.2 Å². The van der Waals surface area contributed by atoms with Crippen LogP contribution in [0, 0.1) is 0 Å². The Morgan fingerprint density at radius 1 is 0.586 bits per heavy atom. The lowest BCUT2D eigenvalue weighted by molar-refractivity contribution is 0.124. The highest BCUT2D eigenvalue weighted by Gasteiger charge is 2.35. The van der Waals surface area contributed by atoms with Gasteiger partial charge in [-0.2, -0.15) is 0 Å². The van der Waals surface area contributed by atoms with E-state index >= 15 is 0 Å². The van der Waals surface area contributed by atoms with Gasteiger partial charge in [0, 0.05) is 0 Å². The van der Waals surface area contributed by atoms with Crippen LogP contribution in [-0.2, 0) is 5.60 Å². The Morgan fingerprint density at radius 2 is 0.897 bits per heavy atom. The second-order valence-electron chi connectivity index (χ2n) is 6.05. The van der Waals surface area contributed by atoms with Crippen LogP contribution in [0.3, 0.4) is 0 Å². The van der Waals surface area contributed by atoms with E-state index in [0.29, 0.717) is 33.9 Å². The molecule has 0 spiro atoms. The smallest absolute Gasteiger partial charge is 0.162 e. The van der Waals surface area contributed by atoms with Crippen molar-refractivity contribution in [2.75, 3.05) is 18.2 Å². The summed E-state index contributed by atoms with van der Waals surface area (Å²) >= 11 is 17.1. The fourth-order valence-corrected chi connectivity index (χ4v) is 3.50. The van der Waals surface area contributed by atoms with E-state index in [0.717, 1.165) is 0 Å². The van der Waals surface area contributed by atoms with E-state index in [1.54, 1.807) is 54.6 Å². The highest BCUT2D eigenvalue weighted by atomic mass is 35.5. The summed E-state index contributed by atoms with van der Waals surface area (Å²) in [6.07, 6.45) is 0. The van der Waals surface area contributed by atoms with Crippen LogP contribution < -0.4 is 14.2 Å². The molecule has 3 aromatic rings. The minimum absolute atomic E-state index is 0.0000232. The minimum Gasteiger partial charge on any atom is -0.478 e. The molecule has 0 fully saturated rings. The van der Waals surface area contributed by atoms with Crippen molar-refractivity contribution in [2.24, 2.45) is 0 Å². The minimum atomic E-state index is -1.52. The van der Waals surface area contributed by atoms with Crippen molar-refractivity contribution < 1.29 is 19.3 Å². The molecule has 0 atom stereocenters. The van der Waals surface area contributed by atoms with E-state index in [1.165, 1.54) is 0 Å². The SMILES string of the molecule is OC(c1cccc(OCCl)c1)(c1cccc(OCCl)c1)c1cccc(OCCl)c1. The first-order chi connectivity index (χ1) is 14.1. The van der Waals surface area contributed by atoms with Crippen LogP contribution in [0.4, 0.5) is 0 Å². The van der Waals surface area contributed by atoms with Gasteiger partial charge < -0.3 is 19.3 Å². The molecule has 152 valence electrons. The van der Waals surface area contributed by atoms with Crippen LogP contribution in [-0.4, -0.2) is 23.3 Å². The molecule has 0 saturated heterocycles. The van der Waals surface area contributed by atoms with Gasteiger partial charge in [-0.05, 0) is 53.1 Å². The number of hydrogen-bond acceptors (Lipinski definition) is 4. The number of aliphatic hydroxyl groups is 1. The monoisotopic (exact) mass is 452 g/mol. The van der Waals surface area contributed by atoms with Crippen molar-refractivity contribution in [3.8, 4) is 17.2 Å².